The number of likely N-dealkylation sites (tertiary alicyclic amines) is 1. The average molecular weight is 746 g/mol. The predicted octanol–water partition coefficient (Wildman–Crippen LogP) is 2.87. The van der Waals surface area contributed by atoms with Gasteiger partial charge in [0.05, 0.1) is 24.1 Å². The Balaban J connectivity index is 0.778. The van der Waals surface area contributed by atoms with Crippen molar-refractivity contribution >= 4 is 34.0 Å². The number of nitrogens with one attached hydrogen (secondary N) is 2. The molecule has 7 heterocycles. The molecular weight excluding hydrogens is 702 g/mol. The summed E-state index contributed by atoms with van der Waals surface area (Å²) in [5.41, 5.74) is 0.760. The molecule has 8 rings (SSSR count). The molecule has 14 nitrogen and oxygen atoms in total. The smallest absolute Gasteiger partial charge is 0.334 e. The maximum atomic E-state index is 15.0. The third-order valence-electron chi connectivity index (χ3n) is 10.6. The number of nitrogens with zero attached hydrogens (tertiary/aromatic N) is 7. The van der Waals surface area contributed by atoms with Gasteiger partial charge < -0.3 is 24.3 Å². The van der Waals surface area contributed by atoms with Crippen molar-refractivity contribution in [1.82, 2.24) is 38.7 Å². The molecule has 0 aliphatic carbocycles. The standard InChI is InChI=1S/C37H44FN9O5S/c38-29-20-27(21-30-35(29)36(49)41-31(40-30)24-53-28-5-17-51-18-6-28)52-23-25-1-7-43(8-2-25)11-12-44-13-15-45(16-14-44)26-3-9-46-32(19-26)39-22-34(46)47-10-4-33(48)42-37(47)50/h3-4,9-10,19-22,25,28H,1-2,5-8,11-18,23-24H2,(H,40,41,49)(H,42,48,50). The van der Waals surface area contributed by atoms with E-state index in [2.05, 4.69) is 34.6 Å². The molecule has 4 aromatic heterocycles. The lowest BCUT2D eigenvalue weighted by molar-refractivity contribution is 0.1000. The third kappa shape index (κ3) is 8.20. The van der Waals surface area contributed by atoms with E-state index in [0.717, 1.165) is 103 Å². The SMILES string of the molecule is O=c1ccn(-c2cnc3cc(N4CCN(CCN5CCC(COc6cc(F)c7c(=O)[nH]c(CSC8CCOCC8)nc7c6)CC5)CC4)ccn23)c(=O)[nH]1. The van der Waals surface area contributed by atoms with Gasteiger partial charge in [-0.2, -0.15) is 11.8 Å². The summed E-state index contributed by atoms with van der Waals surface area (Å²) in [6.45, 7) is 9.84. The first-order chi connectivity index (χ1) is 25.9. The molecule has 3 fully saturated rings. The maximum Gasteiger partial charge on any atom is 0.334 e. The molecular formula is C37H44FN9O5S. The monoisotopic (exact) mass is 745 g/mol. The maximum absolute atomic E-state index is 15.0. The number of benzene rings is 1. The Morgan fingerprint density at radius 1 is 0.906 bits per heavy atom. The van der Waals surface area contributed by atoms with Crippen molar-refractivity contribution in [2.45, 2.75) is 36.7 Å². The summed E-state index contributed by atoms with van der Waals surface area (Å²) in [5.74, 6) is 1.87. The zero-order chi connectivity index (χ0) is 36.3. The van der Waals surface area contributed by atoms with Gasteiger partial charge in [-0.15, -0.1) is 0 Å². The van der Waals surface area contributed by atoms with Crippen LogP contribution in [0.1, 0.15) is 31.5 Å². The number of hydrogen-bond donors (Lipinski definition) is 2. The summed E-state index contributed by atoms with van der Waals surface area (Å²) in [7, 11) is 0. The van der Waals surface area contributed by atoms with Gasteiger partial charge in [-0.25, -0.2) is 19.2 Å². The lowest BCUT2D eigenvalue weighted by Gasteiger charge is -2.38. The Bertz CT molecular complexity index is 2230. The van der Waals surface area contributed by atoms with Crippen LogP contribution in [0, 0.1) is 11.7 Å². The number of aromatic amines is 2. The number of imidazole rings is 1. The van der Waals surface area contributed by atoms with Crippen molar-refractivity contribution in [3.63, 3.8) is 0 Å². The number of thioether (sulfide) groups is 1. The number of aromatic nitrogens is 6. The van der Waals surface area contributed by atoms with E-state index in [-0.39, 0.29) is 5.39 Å². The molecule has 5 aromatic rings. The van der Waals surface area contributed by atoms with Gasteiger partial charge in [0.15, 0.2) is 0 Å². The number of H-pyrrole nitrogens is 2. The normalized spacial score (nSPS) is 18.3. The van der Waals surface area contributed by atoms with Crippen LogP contribution in [-0.2, 0) is 10.5 Å². The van der Waals surface area contributed by atoms with Gasteiger partial charge in [-0.1, -0.05) is 0 Å². The summed E-state index contributed by atoms with van der Waals surface area (Å²) >= 11 is 1.75. The minimum Gasteiger partial charge on any atom is -0.493 e. The van der Waals surface area contributed by atoms with Gasteiger partial charge in [0, 0.05) is 100 Å². The van der Waals surface area contributed by atoms with Crippen LogP contribution in [-0.4, -0.2) is 116 Å². The van der Waals surface area contributed by atoms with E-state index in [1.165, 1.54) is 22.9 Å². The lowest BCUT2D eigenvalue weighted by Crippen LogP contribution is -2.49. The van der Waals surface area contributed by atoms with E-state index in [1.54, 1.807) is 24.0 Å². The second-order valence-corrected chi connectivity index (χ2v) is 15.4. The van der Waals surface area contributed by atoms with Crippen molar-refractivity contribution in [2.75, 3.05) is 77.1 Å². The van der Waals surface area contributed by atoms with Crippen LogP contribution in [0.15, 0.2) is 63.3 Å². The van der Waals surface area contributed by atoms with E-state index < -0.39 is 22.6 Å². The number of halogens is 1. The van der Waals surface area contributed by atoms with Crippen molar-refractivity contribution in [2.24, 2.45) is 5.92 Å². The van der Waals surface area contributed by atoms with Crippen LogP contribution in [0.4, 0.5) is 10.1 Å². The van der Waals surface area contributed by atoms with Crippen LogP contribution in [0.25, 0.3) is 22.4 Å². The number of ether oxygens (including phenoxy) is 2. The van der Waals surface area contributed by atoms with Crippen molar-refractivity contribution in [3.8, 4) is 11.6 Å². The Morgan fingerprint density at radius 3 is 2.45 bits per heavy atom. The third-order valence-corrected chi connectivity index (χ3v) is 12.0. The molecule has 3 aliphatic rings. The van der Waals surface area contributed by atoms with Crippen LogP contribution in [0.3, 0.4) is 0 Å². The van der Waals surface area contributed by atoms with Gasteiger partial charge in [0.1, 0.15) is 34.2 Å². The molecule has 0 unspecified atom stereocenters. The van der Waals surface area contributed by atoms with E-state index in [4.69, 9.17) is 9.47 Å². The second-order valence-electron chi connectivity index (χ2n) is 14.1. The molecule has 0 spiro atoms. The molecule has 16 heteroatoms. The molecule has 3 saturated heterocycles. The highest BCUT2D eigenvalue weighted by Gasteiger charge is 2.23. The summed E-state index contributed by atoms with van der Waals surface area (Å²) in [6, 6.07) is 8.38. The number of anilines is 1. The fourth-order valence-corrected chi connectivity index (χ4v) is 8.53. The zero-order valence-electron chi connectivity index (χ0n) is 29.5. The van der Waals surface area contributed by atoms with E-state index in [0.29, 0.717) is 46.4 Å². The fraction of sp³-hybridized carbons (Fsp3) is 0.486. The molecule has 0 bridgehead atoms. The van der Waals surface area contributed by atoms with E-state index >= 15 is 4.39 Å². The van der Waals surface area contributed by atoms with Crippen LogP contribution < -0.4 is 26.4 Å². The Morgan fingerprint density at radius 2 is 1.68 bits per heavy atom. The summed E-state index contributed by atoms with van der Waals surface area (Å²) in [6.07, 6.45) is 9.00. The fourth-order valence-electron chi connectivity index (χ4n) is 7.47. The quantitative estimate of drug-likeness (QED) is 0.206. The Kier molecular flexibility index (Phi) is 10.6. The predicted molar refractivity (Wildman–Crippen MR) is 202 cm³/mol. The molecule has 0 saturated carbocycles. The van der Waals surface area contributed by atoms with Crippen molar-refractivity contribution in [3.05, 3.63) is 91.8 Å². The topological polar surface area (TPSA) is 146 Å². The minimum absolute atomic E-state index is 0.0265. The Hall–Kier alpha value is -4.51. The van der Waals surface area contributed by atoms with Crippen LogP contribution in [0.2, 0.25) is 0 Å². The molecule has 280 valence electrons. The van der Waals surface area contributed by atoms with E-state index in [1.807, 2.05) is 22.7 Å². The van der Waals surface area contributed by atoms with Gasteiger partial charge in [0.2, 0.25) is 0 Å². The highest BCUT2D eigenvalue weighted by Crippen LogP contribution is 2.27. The Labute approximate surface area is 308 Å². The molecule has 3 aliphatic heterocycles. The number of pyridine rings is 1. The summed E-state index contributed by atoms with van der Waals surface area (Å²) < 4.78 is 29.7. The number of piperidine rings is 1. The van der Waals surface area contributed by atoms with Gasteiger partial charge in [0.25, 0.3) is 11.1 Å². The number of rotatable bonds is 11. The highest BCUT2D eigenvalue weighted by atomic mass is 32.2. The molecule has 0 atom stereocenters. The van der Waals surface area contributed by atoms with Crippen LogP contribution >= 0.6 is 11.8 Å². The first-order valence-electron chi connectivity index (χ1n) is 18.4. The second kappa shape index (κ2) is 15.8. The van der Waals surface area contributed by atoms with Crippen molar-refractivity contribution in [1.29, 1.82) is 0 Å². The molecule has 2 N–H and O–H groups in total. The van der Waals surface area contributed by atoms with Crippen LogP contribution in [0.5, 0.6) is 5.75 Å². The highest BCUT2D eigenvalue weighted by molar-refractivity contribution is 7.99. The van der Waals surface area contributed by atoms with Crippen molar-refractivity contribution < 1.29 is 13.9 Å². The van der Waals surface area contributed by atoms with Gasteiger partial charge in [-0.3, -0.25) is 28.4 Å². The van der Waals surface area contributed by atoms with E-state index in [9.17, 15) is 14.4 Å². The molecule has 1 aromatic carbocycles. The largest absolute Gasteiger partial charge is 0.493 e. The first-order valence-corrected chi connectivity index (χ1v) is 19.4. The first kappa shape index (κ1) is 35.5. The molecule has 0 amide bonds. The molecule has 0 radical (unpaired) electrons. The number of hydrogen-bond acceptors (Lipinski definition) is 11. The minimum atomic E-state index is -0.610. The number of fused-ring (bicyclic) bond motifs is 2. The average Bonchev–Trinajstić information content (AvgIpc) is 3.59. The molecule has 53 heavy (non-hydrogen) atoms. The zero-order valence-corrected chi connectivity index (χ0v) is 30.4. The lowest BCUT2D eigenvalue weighted by atomic mass is 9.98. The number of piperazine rings is 1. The summed E-state index contributed by atoms with van der Waals surface area (Å²) in [5, 5.41) is 0.445. The van der Waals surface area contributed by atoms with Gasteiger partial charge in [-0.05, 0) is 50.8 Å². The summed E-state index contributed by atoms with van der Waals surface area (Å²) in [4.78, 5) is 58.0. The van der Waals surface area contributed by atoms with Gasteiger partial charge >= 0.3 is 5.69 Å².